The number of nitrogens with zero attached hydrogens (tertiary/aromatic N) is 1. The van der Waals surface area contributed by atoms with E-state index in [4.69, 9.17) is 4.74 Å². The quantitative estimate of drug-likeness (QED) is 0.690. The van der Waals surface area contributed by atoms with Gasteiger partial charge in [-0.1, -0.05) is 65.8 Å². The average molecular weight is 381 g/mol. The molecule has 0 aliphatic carbocycles. The fourth-order valence-corrected chi connectivity index (χ4v) is 3.66. The monoisotopic (exact) mass is 380 g/mol. The number of esters is 1. The maximum atomic E-state index is 13.0. The Kier molecular flexibility index (Phi) is 5.18. The maximum Gasteiger partial charge on any atom is 0.335 e. The van der Waals surface area contributed by atoms with Crippen molar-refractivity contribution in [3.05, 3.63) is 59.2 Å². The number of ether oxygens (including phenoxy) is 1. The number of anilines is 2. The molecule has 1 N–H and O–H groups in total. The largest absolute Gasteiger partial charge is 0.464 e. The number of hydrogen-bond acceptors (Lipinski definition) is 4. The fraction of sp³-hybridized carbons (Fsp3) is 0.458. The third-order valence-corrected chi connectivity index (χ3v) is 5.17. The van der Waals surface area contributed by atoms with Gasteiger partial charge in [-0.2, -0.15) is 0 Å². The Bertz CT molecular complexity index is 861. The van der Waals surface area contributed by atoms with Crippen molar-refractivity contribution < 1.29 is 9.53 Å². The van der Waals surface area contributed by atoms with Crippen LogP contribution in [0.4, 0.5) is 11.4 Å². The van der Waals surface area contributed by atoms with Gasteiger partial charge in [-0.3, -0.25) is 10.4 Å². The molecule has 0 amide bonds. The summed E-state index contributed by atoms with van der Waals surface area (Å²) in [5.74, 6) is -0.230. The zero-order valence-corrected chi connectivity index (χ0v) is 18.1. The first-order valence-electron chi connectivity index (χ1n) is 10.0. The zero-order chi connectivity index (χ0) is 20.7. The smallest absolute Gasteiger partial charge is 0.335 e. The van der Waals surface area contributed by atoms with E-state index in [0.717, 1.165) is 16.9 Å². The topological polar surface area (TPSA) is 41.6 Å². The highest BCUT2D eigenvalue weighted by molar-refractivity contribution is 5.89. The summed E-state index contributed by atoms with van der Waals surface area (Å²) in [6.07, 6.45) is 0. The summed E-state index contributed by atoms with van der Waals surface area (Å²) in [5.41, 5.74) is 8.77. The molecule has 0 saturated carbocycles. The molecule has 0 saturated heterocycles. The molecule has 4 heteroatoms. The highest BCUT2D eigenvalue weighted by Crippen LogP contribution is 2.46. The number of hydrogen-bond donors (Lipinski definition) is 1. The molecule has 1 heterocycles. The molecule has 1 aliphatic heterocycles. The summed E-state index contributed by atoms with van der Waals surface area (Å²) in [6, 6.07) is 13.9. The zero-order valence-electron chi connectivity index (χ0n) is 18.1. The van der Waals surface area contributed by atoms with Crippen LogP contribution in [-0.4, -0.2) is 12.6 Å². The first kappa shape index (κ1) is 20.2. The Morgan fingerprint density at radius 1 is 1.04 bits per heavy atom. The Morgan fingerprint density at radius 3 is 2.21 bits per heavy atom. The van der Waals surface area contributed by atoms with Gasteiger partial charge in [-0.05, 0) is 47.1 Å². The molecule has 2 aromatic carbocycles. The number of fused-ring (bicyclic) bond motifs is 1. The van der Waals surface area contributed by atoms with E-state index >= 15 is 0 Å². The van der Waals surface area contributed by atoms with Gasteiger partial charge in [0.25, 0.3) is 0 Å². The Hall–Kier alpha value is -2.49. The van der Waals surface area contributed by atoms with Crippen LogP contribution >= 0.6 is 0 Å². The lowest BCUT2D eigenvalue weighted by Gasteiger charge is -2.29. The number of rotatable bonds is 3. The second-order valence-electron chi connectivity index (χ2n) is 9.46. The second-order valence-corrected chi connectivity index (χ2v) is 9.46. The third kappa shape index (κ3) is 3.73. The van der Waals surface area contributed by atoms with Crippen molar-refractivity contribution in [1.82, 2.24) is 0 Å². The van der Waals surface area contributed by atoms with Gasteiger partial charge < -0.3 is 4.74 Å². The van der Waals surface area contributed by atoms with E-state index in [9.17, 15) is 4.79 Å². The molecular formula is C24H32N2O2. The van der Waals surface area contributed by atoms with Gasteiger partial charge in [0.05, 0.1) is 18.0 Å². The minimum atomic E-state index is -0.513. The fourth-order valence-electron chi connectivity index (χ4n) is 3.66. The first-order valence-corrected chi connectivity index (χ1v) is 10.0. The van der Waals surface area contributed by atoms with Crippen LogP contribution in [-0.2, 0) is 20.4 Å². The van der Waals surface area contributed by atoms with Gasteiger partial charge in [0.1, 0.15) is 0 Å². The minimum absolute atomic E-state index is 0.0102. The number of carbonyl (C=O) groups is 1. The lowest BCUT2D eigenvalue weighted by atomic mass is 9.76. The van der Waals surface area contributed by atoms with E-state index in [-0.39, 0.29) is 16.8 Å². The molecule has 0 bridgehead atoms. The Morgan fingerprint density at radius 2 is 1.68 bits per heavy atom. The summed E-state index contributed by atoms with van der Waals surface area (Å²) in [7, 11) is 0. The number of benzene rings is 2. The van der Waals surface area contributed by atoms with Crippen molar-refractivity contribution in [2.45, 2.75) is 65.3 Å². The van der Waals surface area contributed by atoms with E-state index in [2.05, 4.69) is 59.1 Å². The Labute approximate surface area is 168 Å². The predicted octanol–water partition coefficient (Wildman–Crippen LogP) is 5.73. The van der Waals surface area contributed by atoms with Gasteiger partial charge in [0, 0.05) is 5.56 Å². The summed E-state index contributed by atoms with van der Waals surface area (Å²) in [5, 5.41) is 1.93. The van der Waals surface area contributed by atoms with Crippen molar-refractivity contribution in [3.8, 4) is 0 Å². The first-order chi connectivity index (χ1) is 13.0. The van der Waals surface area contributed by atoms with Crippen LogP contribution in [0.3, 0.4) is 0 Å². The molecule has 1 aliphatic rings. The van der Waals surface area contributed by atoms with Crippen molar-refractivity contribution in [1.29, 1.82) is 0 Å². The molecule has 0 spiro atoms. The average Bonchev–Trinajstić information content (AvgIpc) is 2.99. The van der Waals surface area contributed by atoms with Crippen molar-refractivity contribution in [2.24, 2.45) is 0 Å². The van der Waals surface area contributed by atoms with E-state index in [1.54, 1.807) is 0 Å². The molecule has 0 fully saturated rings. The number of nitrogens with one attached hydrogen (secondary N) is 1. The summed E-state index contributed by atoms with van der Waals surface area (Å²) >= 11 is 0. The van der Waals surface area contributed by atoms with Gasteiger partial charge in [-0.25, -0.2) is 4.79 Å². The number of para-hydroxylation sites is 1. The molecule has 150 valence electrons. The van der Waals surface area contributed by atoms with Crippen LogP contribution in [0.5, 0.6) is 0 Å². The highest BCUT2D eigenvalue weighted by atomic mass is 16.5. The Balaban J connectivity index is 2.24. The molecular weight excluding hydrogens is 348 g/mol. The normalized spacial score (nSPS) is 16.5. The molecule has 28 heavy (non-hydrogen) atoms. The summed E-state index contributed by atoms with van der Waals surface area (Å²) in [6.45, 7) is 15.4. The van der Waals surface area contributed by atoms with Crippen LogP contribution in [0, 0.1) is 0 Å². The van der Waals surface area contributed by atoms with Gasteiger partial charge >= 0.3 is 5.97 Å². The summed E-state index contributed by atoms with van der Waals surface area (Å²) < 4.78 is 5.48. The van der Waals surface area contributed by atoms with E-state index < -0.39 is 6.04 Å². The van der Waals surface area contributed by atoms with Crippen LogP contribution in [0.2, 0.25) is 0 Å². The van der Waals surface area contributed by atoms with Crippen LogP contribution in [0.15, 0.2) is 42.5 Å². The van der Waals surface area contributed by atoms with Crippen LogP contribution in [0.1, 0.15) is 71.2 Å². The van der Waals surface area contributed by atoms with Crippen molar-refractivity contribution in [3.63, 3.8) is 0 Å². The van der Waals surface area contributed by atoms with E-state index in [1.807, 2.05) is 42.3 Å². The van der Waals surface area contributed by atoms with Gasteiger partial charge in [-0.15, -0.1) is 0 Å². The van der Waals surface area contributed by atoms with Gasteiger partial charge in [0.2, 0.25) is 0 Å². The van der Waals surface area contributed by atoms with Crippen LogP contribution < -0.4 is 10.4 Å². The lowest BCUT2D eigenvalue weighted by molar-refractivity contribution is -0.144. The highest BCUT2D eigenvalue weighted by Gasteiger charge is 2.41. The maximum absolute atomic E-state index is 13.0. The molecule has 4 nitrogen and oxygen atoms in total. The second kappa shape index (κ2) is 7.16. The summed E-state index contributed by atoms with van der Waals surface area (Å²) in [4.78, 5) is 13.0. The molecule has 0 aromatic heterocycles. The minimum Gasteiger partial charge on any atom is -0.464 e. The van der Waals surface area contributed by atoms with Crippen molar-refractivity contribution >= 4 is 17.3 Å². The standard InChI is InChI=1S/C24H32N2O2/c1-8-28-22(27)21-20-18(24(5,6)7)14-16(23(2,3)4)15-19(20)25-26(21)17-12-10-9-11-13-17/h9-15,21,25H,8H2,1-7H3. The van der Waals surface area contributed by atoms with Crippen LogP contribution in [0.25, 0.3) is 0 Å². The van der Waals surface area contributed by atoms with E-state index in [0.29, 0.717) is 6.61 Å². The molecule has 2 aromatic rings. The van der Waals surface area contributed by atoms with Gasteiger partial charge in [0.15, 0.2) is 6.04 Å². The molecule has 1 unspecified atom stereocenters. The third-order valence-electron chi connectivity index (χ3n) is 5.17. The molecule has 0 radical (unpaired) electrons. The van der Waals surface area contributed by atoms with E-state index in [1.165, 1.54) is 11.1 Å². The number of carbonyl (C=O) groups excluding carboxylic acids is 1. The predicted molar refractivity (Wildman–Crippen MR) is 116 cm³/mol. The lowest BCUT2D eigenvalue weighted by Crippen LogP contribution is -2.34. The number of hydrazine groups is 1. The SMILES string of the molecule is CCOC(=O)C1c2c(cc(C(C)(C)C)cc2C(C)(C)C)NN1c1ccccc1. The molecule has 3 rings (SSSR count). The molecule has 1 atom stereocenters. The van der Waals surface area contributed by atoms with Crippen molar-refractivity contribution in [2.75, 3.05) is 17.0 Å².